The third-order valence-corrected chi connectivity index (χ3v) is 4.77. The SMILES string of the molecule is CCN(Cc1cc(C)ccc1-c1cc(CC(=O)O)ccn1)C(=O)c1ccccc1. The molecule has 0 atom stereocenters. The number of hydrogen-bond donors (Lipinski definition) is 1. The summed E-state index contributed by atoms with van der Waals surface area (Å²) in [5.41, 5.74) is 5.04. The first kappa shape index (κ1) is 20.3. The minimum atomic E-state index is -0.878. The van der Waals surface area contributed by atoms with E-state index in [4.69, 9.17) is 5.11 Å². The first-order valence-corrected chi connectivity index (χ1v) is 9.59. The lowest BCUT2D eigenvalue weighted by atomic mass is 9.99. The highest BCUT2D eigenvalue weighted by atomic mass is 16.4. The van der Waals surface area contributed by atoms with Crippen molar-refractivity contribution in [3.63, 3.8) is 0 Å². The molecule has 148 valence electrons. The second kappa shape index (κ2) is 9.15. The average Bonchev–Trinajstić information content (AvgIpc) is 2.72. The van der Waals surface area contributed by atoms with Crippen molar-refractivity contribution in [2.24, 2.45) is 0 Å². The van der Waals surface area contributed by atoms with Crippen LogP contribution in [-0.2, 0) is 17.8 Å². The highest BCUT2D eigenvalue weighted by Gasteiger charge is 2.17. The van der Waals surface area contributed by atoms with E-state index in [1.165, 1.54) is 0 Å². The molecule has 1 aromatic heterocycles. The Morgan fingerprint density at radius 3 is 2.48 bits per heavy atom. The van der Waals surface area contributed by atoms with Crippen molar-refractivity contribution in [3.05, 3.63) is 89.1 Å². The average molecular weight is 388 g/mol. The molecular weight excluding hydrogens is 364 g/mol. The normalized spacial score (nSPS) is 10.6. The molecular formula is C24H24N2O3. The van der Waals surface area contributed by atoms with Crippen LogP contribution < -0.4 is 0 Å². The number of carbonyl (C=O) groups excluding carboxylic acids is 1. The number of carboxylic acid groups (broad SMARTS) is 1. The van der Waals surface area contributed by atoms with Gasteiger partial charge in [0.25, 0.3) is 5.91 Å². The molecule has 0 saturated heterocycles. The standard InChI is InChI=1S/C24H24N2O3/c1-3-26(24(29)19-7-5-4-6-8-19)16-20-13-17(2)9-10-21(20)22-14-18(11-12-25-22)15-23(27)28/h4-14H,3,15-16H2,1-2H3,(H,27,28). The van der Waals surface area contributed by atoms with E-state index >= 15 is 0 Å². The Morgan fingerprint density at radius 1 is 1.03 bits per heavy atom. The molecule has 3 aromatic rings. The van der Waals surface area contributed by atoms with Crippen LogP contribution in [0.2, 0.25) is 0 Å². The summed E-state index contributed by atoms with van der Waals surface area (Å²) in [6.45, 7) is 5.00. The summed E-state index contributed by atoms with van der Waals surface area (Å²) in [5.74, 6) is -0.898. The van der Waals surface area contributed by atoms with Gasteiger partial charge in [-0.1, -0.05) is 42.0 Å². The second-order valence-electron chi connectivity index (χ2n) is 6.97. The number of nitrogens with zero attached hydrogens (tertiary/aromatic N) is 2. The van der Waals surface area contributed by atoms with Gasteiger partial charge in [0.15, 0.2) is 0 Å². The molecule has 5 heteroatoms. The molecule has 0 spiro atoms. The highest BCUT2D eigenvalue weighted by Crippen LogP contribution is 2.26. The van der Waals surface area contributed by atoms with E-state index in [-0.39, 0.29) is 12.3 Å². The van der Waals surface area contributed by atoms with Crippen molar-refractivity contribution < 1.29 is 14.7 Å². The maximum absolute atomic E-state index is 12.9. The molecule has 0 aliphatic carbocycles. The lowest BCUT2D eigenvalue weighted by Gasteiger charge is -2.23. The predicted octanol–water partition coefficient (Wildman–Crippen LogP) is 4.35. The fourth-order valence-corrected chi connectivity index (χ4v) is 3.31. The maximum Gasteiger partial charge on any atom is 0.307 e. The van der Waals surface area contributed by atoms with Crippen LogP contribution >= 0.6 is 0 Å². The van der Waals surface area contributed by atoms with Crippen molar-refractivity contribution in [1.29, 1.82) is 0 Å². The number of amides is 1. The van der Waals surface area contributed by atoms with Gasteiger partial charge in [-0.05, 0) is 49.2 Å². The number of aromatic nitrogens is 1. The summed E-state index contributed by atoms with van der Waals surface area (Å²) in [6.07, 6.45) is 1.58. The van der Waals surface area contributed by atoms with Gasteiger partial charge >= 0.3 is 5.97 Å². The number of aryl methyl sites for hydroxylation is 1. The molecule has 29 heavy (non-hydrogen) atoms. The van der Waals surface area contributed by atoms with Gasteiger partial charge in [-0.25, -0.2) is 0 Å². The van der Waals surface area contributed by atoms with Gasteiger partial charge in [0.2, 0.25) is 0 Å². The topological polar surface area (TPSA) is 70.5 Å². The maximum atomic E-state index is 12.9. The van der Waals surface area contributed by atoms with Gasteiger partial charge in [-0.15, -0.1) is 0 Å². The molecule has 0 fully saturated rings. The zero-order valence-electron chi connectivity index (χ0n) is 16.6. The first-order chi connectivity index (χ1) is 14.0. The predicted molar refractivity (Wildman–Crippen MR) is 113 cm³/mol. The molecule has 0 bridgehead atoms. The van der Waals surface area contributed by atoms with Gasteiger partial charge in [0, 0.05) is 30.4 Å². The Morgan fingerprint density at radius 2 is 1.79 bits per heavy atom. The van der Waals surface area contributed by atoms with E-state index in [2.05, 4.69) is 11.1 Å². The van der Waals surface area contributed by atoms with Crippen LogP contribution in [-0.4, -0.2) is 33.4 Å². The molecule has 0 unspecified atom stereocenters. The van der Waals surface area contributed by atoms with E-state index < -0.39 is 5.97 Å². The molecule has 0 saturated carbocycles. The van der Waals surface area contributed by atoms with Gasteiger partial charge in [-0.3, -0.25) is 14.6 Å². The smallest absolute Gasteiger partial charge is 0.307 e. The molecule has 0 radical (unpaired) electrons. The van der Waals surface area contributed by atoms with Crippen molar-refractivity contribution in [1.82, 2.24) is 9.88 Å². The van der Waals surface area contributed by atoms with Crippen LogP contribution in [0.25, 0.3) is 11.3 Å². The van der Waals surface area contributed by atoms with E-state index in [1.54, 1.807) is 23.2 Å². The Labute approximate surface area is 170 Å². The van der Waals surface area contributed by atoms with Crippen molar-refractivity contribution in [2.75, 3.05) is 6.54 Å². The fraction of sp³-hybridized carbons (Fsp3) is 0.208. The third-order valence-electron chi connectivity index (χ3n) is 4.77. The van der Waals surface area contributed by atoms with E-state index in [9.17, 15) is 9.59 Å². The molecule has 1 N–H and O–H groups in total. The number of pyridine rings is 1. The van der Waals surface area contributed by atoms with E-state index in [0.29, 0.717) is 29.9 Å². The summed E-state index contributed by atoms with van der Waals surface area (Å²) >= 11 is 0. The lowest BCUT2D eigenvalue weighted by Crippen LogP contribution is -2.30. The number of hydrogen-bond acceptors (Lipinski definition) is 3. The minimum absolute atomic E-state index is 0.0202. The summed E-state index contributed by atoms with van der Waals surface area (Å²) in [4.78, 5) is 30.2. The number of aliphatic carboxylic acids is 1. The van der Waals surface area contributed by atoms with Crippen molar-refractivity contribution >= 4 is 11.9 Å². The first-order valence-electron chi connectivity index (χ1n) is 9.59. The van der Waals surface area contributed by atoms with Crippen molar-refractivity contribution in [3.8, 4) is 11.3 Å². The molecule has 1 heterocycles. The molecule has 0 aliphatic heterocycles. The monoisotopic (exact) mass is 388 g/mol. The molecule has 3 rings (SSSR count). The van der Waals surface area contributed by atoms with Crippen LogP contribution in [0.3, 0.4) is 0 Å². The number of carbonyl (C=O) groups is 2. The molecule has 1 amide bonds. The summed E-state index contributed by atoms with van der Waals surface area (Å²) < 4.78 is 0. The van der Waals surface area contributed by atoms with Crippen LogP contribution in [0, 0.1) is 6.92 Å². The third kappa shape index (κ3) is 5.08. The van der Waals surface area contributed by atoms with Crippen molar-refractivity contribution in [2.45, 2.75) is 26.8 Å². The fourth-order valence-electron chi connectivity index (χ4n) is 3.31. The molecule has 0 aliphatic rings. The molecule has 5 nitrogen and oxygen atoms in total. The summed E-state index contributed by atoms with van der Waals surface area (Å²) in [6, 6.07) is 18.8. The van der Waals surface area contributed by atoms with Gasteiger partial charge < -0.3 is 10.0 Å². The van der Waals surface area contributed by atoms with E-state index in [0.717, 1.165) is 16.7 Å². The Kier molecular flexibility index (Phi) is 6.39. The van der Waals surface area contributed by atoms with Gasteiger partial charge in [0.1, 0.15) is 0 Å². The minimum Gasteiger partial charge on any atom is -0.481 e. The van der Waals surface area contributed by atoms with Crippen LogP contribution in [0.4, 0.5) is 0 Å². The highest BCUT2D eigenvalue weighted by molar-refractivity contribution is 5.94. The molecule has 2 aromatic carbocycles. The second-order valence-corrected chi connectivity index (χ2v) is 6.97. The number of carboxylic acids is 1. The summed E-state index contributed by atoms with van der Waals surface area (Å²) in [5, 5.41) is 9.07. The number of benzene rings is 2. The van der Waals surface area contributed by atoms with Gasteiger partial charge in [-0.2, -0.15) is 0 Å². The van der Waals surface area contributed by atoms with Crippen LogP contribution in [0.1, 0.15) is 34.0 Å². The zero-order chi connectivity index (χ0) is 20.8. The largest absolute Gasteiger partial charge is 0.481 e. The van der Waals surface area contributed by atoms with Crippen LogP contribution in [0.5, 0.6) is 0 Å². The van der Waals surface area contributed by atoms with Crippen LogP contribution in [0.15, 0.2) is 66.9 Å². The summed E-state index contributed by atoms with van der Waals surface area (Å²) in [7, 11) is 0. The number of rotatable bonds is 7. The van der Waals surface area contributed by atoms with E-state index in [1.807, 2.05) is 56.3 Å². The quantitative estimate of drug-likeness (QED) is 0.653. The Hall–Kier alpha value is -3.47. The lowest BCUT2D eigenvalue weighted by molar-refractivity contribution is -0.136. The Bertz CT molecular complexity index is 1020. The zero-order valence-corrected chi connectivity index (χ0v) is 16.6. The van der Waals surface area contributed by atoms with Gasteiger partial charge in [0.05, 0.1) is 12.1 Å². The Balaban J connectivity index is 1.95.